The summed E-state index contributed by atoms with van der Waals surface area (Å²) in [6.45, 7) is 0.748. The van der Waals surface area contributed by atoms with E-state index in [9.17, 15) is 4.39 Å². The van der Waals surface area contributed by atoms with Crippen LogP contribution in [0, 0.1) is 5.82 Å². The van der Waals surface area contributed by atoms with Crippen molar-refractivity contribution in [3.63, 3.8) is 0 Å². The van der Waals surface area contributed by atoms with Crippen LogP contribution < -0.4 is 10.6 Å². The number of hydrogen-bond acceptors (Lipinski definition) is 2. The Labute approximate surface area is 94.9 Å². The molecule has 1 aromatic rings. The van der Waals surface area contributed by atoms with E-state index >= 15 is 0 Å². The molecule has 2 N–H and O–H groups in total. The van der Waals surface area contributed by atoms with Crippen LogP contribution in [-0.2, 0) is 0 Å². The fourth-order valence-corrected chi connectivity index (χ4v) is 1.52. The molecule has 0 aromatic heterocycles. The molecule has 0 saturated heterocycles. The second-order valence-electron chi connectivity index (χ2n) is 3.44. The zero-order chi connectivity index (χ0) is 11.3. The van der Waals surface area contributed by atoms with E-state index in [0.29, 0.717) is 17.1 Å². The zero-order valence-electron chi connectivity index (χ0n) is 8.74. The smallest absolute Gasteiger partial charge is 0.146 e. The van der Waals surface area contributed by atoms with Crippen molar-refractivity contribution < 1.29 is 4.39 Å². The van der Waals surface area contributed by atoms with Crippen LogP contribution in [0.25, 0.3) is 0 Å². The average Bonchev–Trinajstić information content (AvgIpc) is 2.17. The van der Waals surface area contributed by atoms with Gasteiger partial charge in [-0.3, -0.25) is 0 Å². The molecule has 0 unspecified atom stereocenters. The highest BCUT2D eigenvalue weighted by Gasteiger charge is 2.05. The van der Waals surface area contributed by atoms with Crippen molar-refractivity contribution in [2.24, 2.45) is 5.73 Å². The van der Waals surface area contributed by atoms with Crippen molar-refractivity contribution in [1.82, 2.24) is 0 Å². The number of halogens is 1. The number of rotatable bonds is 5. The maximum absolute atomic E-state index is 13.3. The maximum Gasteiger partial charge on any atom is 0.146 e. The van der Waals surface area contributed by atoms with E-state index in [1.54, 1.807) is 12.1 Å². The first-order valence-corrected chi connectivity index (χ1v) is 5.26. The molecule has 1 aromatic carbocycles. The minimum absolute atomic E-state index is 0.199. The second-order valence-corrected chi connectivity index (χ2v) is 3.97. The quantitative estimate of drug-likeness (QED) is 0.781. The van der Waals surface area contributed by atoms with Crippen LogP contribution in [0.4, 0.5) is 10.1 Å². The van der Waals surface area contributed by atoms with Crippen molar-refractivity contribution >= 4 is 22.9 Å². The standard InChI is InChI=1S/C11H15FN2S/c1-14(8-4-7-11(13)15)10-6-3-2-5-9(10)12/h2-3,5-6H,4,7-8H2,1H3,(H2,13,15). The molecular formula is C11H15FN2S. The molecule has 15 heavy (non-hydrogen) atoms. The molecule has 0 amide bonds. The van der Waals surface area contributed by atoms with Crippen LogP contribution in [0.1, 0.15) is 12.8 Å². The summed E-state index contributed by atoms with van der Waals surface area (Å²) in [4.78, 5) is 2.38. The Balaban J connectivity index is 2.50. The fourth-order valence-electron chi connectivity index (χ4n) is 1.37. The van der Waals surface area contributed by atoms with Gasteiger partial charge >= 0.3 is 0 Å². The van der Waals surface area contributed by atoms with Crippen LogP contribution in [0.3, 0.4) is 0 Å². The minimum Gasteiger partial charge on any atom is -0.393 e. The van der Waals surface area contributed by atoms with Crippen molar-refractivity contribution in [3.8, 4) is 0 Å². The Morgan fingerprint density at radius 1 is 1.47 bits per heavy atom. The number of para-hydroxylation sites is 1. The first-order chi connectivity index (χ1) is 7.11. The van der Waals surface area contributed by atoms with E-state index in [2.05, 4.69) is 0 Å². The van der Waals surface area contributed by atoms with Crippen molar-refractivity contribution in [2.45, 2.75) is 12.8 Å². The molecule has 1 rings (SSSR count). The Hall–Kier alpha value is -1.16. The SMILES string of the molecule is CN(CCCC(N)=S)c1ccccc1F. The number of nitrogens with zero attached hydrogens (tertiary/aromatic N) is 1. The van der Waals surface area contributed by atoms with Gasteiger partial charge in [0, 0.05) is 13.6 Å². The highest BCUT2D eigenvalue weighted by molar-refractivity contribution is 7.80. The van der Waals surface area contributed by atoms with Gasteiger partial charge in [-0.1, -0.05) is 24.4 Å². The van der Waals surface area contributed by atoms with Crippen molar-refractivity contribution in [3.05, 3.63) is 30.1 Å². The van der Waals surface area contributed by atoms with E-state index in [-0.39, 0.29) is 5.82 Å². The Morgan fingerprint density at radius 2 is 2.13 bits per heavy atom. The third-order valence-electron chi connectivity index (χ3n) is 2.18. The molecular weight excluding hydrogens is 211 g/mol. The van der Waals surface area contributed by atoms with Crippen LogP contribution in [-0.4, -0.2) is 18.6 Å². The molecule has 0 saturated carbocycles. The minimum atomic E-state index is -0.199. The van der Waals surface area contributed by atoms with Gasteiger partial charge in [0.25, 0.3) is 0 Å². The number of thiocarbonyl (C=S) groups is 1. The molecule has 0 aliphatic heterocycles. The molecule has 0 spiro atoms. The van der Waals surface area contributed by atoms with Crippen molar-refractivity contribution in [2.75, 3.05) is 18.5 Å². The Kier molecular flexibility index (Phi) is 4.49. The predicted molar refractivity (Wildman–Crippen MR) is 65.7 cm³/mol. The number of hydrogen-bond donors (Lipinski definition) is 1. The summed E-state index contributed by atoms with van der Waals surface area (Å²) in [6.07, 6.45) is 1.55. The van der Waals surface area contributed by atoms with Crippen LogP contribution >= 0.6 is 12.2 Å². The Morgan fingerprint density at radius 3 is 2.73 bits per heavy atom. The summed E-state index contributed by atoms with van der Waals surface area (Å²) in [6, 6.07) is 6.72. The van der Waals surface area contributed by atoms with Gasteiger partial charge in [0.1, 0.15) is 5.82 Å². The number of nitrogens with two attached hydrogens (primary N) is 1. The van der Waals surface area contributed by atoms with Crippen LogP contribution in [0.5, 0.6) is 0 Å². The first kappa shape index (κ1) is 11.9. The van der Waals surface area contributed by atoms with Gasteiger partial charge in [-0.2, -0.15) is 0 Å². The average molecular weight is 226 g/mol. The van der Waals surface area contributed by atoms with Crippen LogP contribution in [0.2, 0.25) is 0 Å². The molecule has 0 aliphatic carbocycles. The van der Waals surface area contributed by atoms with Gasteiger partial charge in [-0.15, -0.1) is 0 Å². The monoisotopic (exact) mass is 226 g/mol. The van der Waals surface area contributed by atoms with Gasteiger partial charge < -0.3 is 10.6 Å². The molecule has 0 heterocycles. The van der Waals surface area contributed by atoms with Gasteiger partial charge in [0.05, 0.1) is 10.7 Å². The zero-order valence-corrected chi connectivity index (χ0v) is 9.56. The lowest BCUT2D eigenvalue weighted by Gasteiger charge is -2.19. The lowest BCUT2D eigenvalue weighted by molar-refractivity contribution is 0.621. The van der Waals surface area contributed by atoms with E-state index < -0.39 is 0 Å². The topological polar surface area (TPSA) is 29.3 Å². The molecule has 0 aliphatic rings. The van der Waals surface area contributed by atoms with E-state index in [1.165, 1.54) is 6.07 Å². The summed E-state index contributed by atoms with van der Waals surface area (Å²) >= 11 is 4.78. The normalized spacial score (nSPS) is 10.0. The molecule has 2 nitrogen and oxygen atoms in total. The summed E-state index contributed by atoms with van der Waals surface area (Å²) in [5.74, 6) is -0.199. The number of anilines is 1. The molecule has 0 radical (unpaired) electrons. The van der Waals surface area contributed by atoms with Crippen LogP contribution in [0.15, 0.2) is 24.3 Å². The summed E-state index contributed by atoms with van der Waals surface area (Å²) < 4.78 is 13.3. The van der Waals surface area contributed by atoms with Gasteiger partial charge in [-0.05, 0) is 25.0 Å². The maximum atomic E-state index is 13.3. The largest absolute Gasteiger partial charge is 0.393 e. The molecule has 0 fully saturated rings. The van der Waals surface area contributed by atoms with E-state index in [4.69, 9.17) is 18.0 Å². The lowest BCUT2D eigenvalue weighted by Crippen LogP contribution is -2.21. The van der Waals surface area contributed by atoms with Gasteiger partial charge in [0.2, 0.25) is 0 Å². The van der Waals surface area contributed by atoms with Gasteiger partial charge in [0.15, 0.2) is 0 Å². The third kappa shape index (κ3) is 3.83. The molecule has 0 bridgehead atoms. The summed E-state index contributed by atoms with van der Waals surface area (Å²) in [5, 5.41) is 0. The second kappa shape index (κ2) is 5.66. The van der Waals surface area contributed by atoms with Crippen molar-refractivity contribution in [1.29, 1.82) is 0 Å². The lowest BCUT2D eigenvalue weighted by atomic mass is 10.2. The fraction of sp³-hybridized carbons (Fsp3) is 0.364. The molecule has 4 heteroatoms. The Bertz CT molecular complexity index is 341. The highest BCUT2D eigenvalue weighted by atomic mass is 32.1. The van der Waals surface area contributed by atoms with E-state index in [0.717, 1.165) is 13.0 Å². The molecule has 82 valence electrons. The first-order valence-electron chi connectivity index (χ1n) is 4.85. The van der Waals surface area contributed by atoms with Gasteiger partial charge in [-0.25, -0.2) is 4.39 Å². The van der Waals surface area contributed by atoms with E-state index in [1.807, 2.05) is 18.0 Å². The molecule has 0 atom stereocenters. The highest BCUT2D eigenvalue weighted by Crippen LogP contribution is 2.17. The third-order valence-corrected chi connectivity index (χ3v) is 2.38. The predicted octanol–water partition coefficient (Wildman–Crippen LogP) is 2.33. The number of benzene rings is 1. The summed E-state index contributed by atoms with van der Waals surface area (Å²) in [5.41, 5.74) is 6.00. The summed E-state index contributed by atoms with van der Waals surface area (Å²) in [7, 11) is 1.86.